The minimum atomic E-state index is -0.417. The van der Waals surface area contributed by atoms with Gasteiger partial charge in [0.25, 0.3) is 0 Å². The molecule has 1 saturated carbocycles. The zero-order chi connectivity index (χ0) is 14.4. The summed E-state index contributed by atoms with van der Waals surface area (Å²) in [5, 5.41) is 0. The average Bonchev–Trinajstić information content (AvgIpc) is 2.47. The molecule has 3 nitrogen and oxygen atoms in total. The molecular formula is C17H23O3. The first-order valence-corrected chi connectivity index (χ1v) is 7.51. The molecule has 109 valence electrons. The van der Waals surface area contributed by atoms with Gasteiger partial charge in [0.2, 0.25) is 0 Å². The molecule has 0 atom stereocenters. The number of rotatable bonds is 5. The van der Waals surface area contributed by atoms with E-state index in [1.165, 1.54) is 5.56 Å². The van der Waals surface area contributed by atoms with Gasteiger partial charge in [-0.25, -0.2) is 4.79 Å². The van der Waals surface area contributed by atoms with Crippen LogP contribution in [0, 0.1) is 12.0 Å². The largest absolute Gasteiger partial charge is 0.373 e. The first-order valence-electron chi connectivity index (χ1n) is 7.51. The summed E-state index contributed by atoms with van der Waals surface area (Å²) >= 11 is 0. The Labute approximate surface area is 121 Å². The molecule has 1 fully saturated rings. The SMILES string of the molecule is CCCc1ccc(C(=O)OO[C]2CCC(C)CC2)cc1. The lowest BCUT2D eigenvalue weighted by atomic mass is 9.89. The smallest absolute Gasteiger partial charge is 0.292 e. The Morgan fingerprint density at radius 2 is 1.85 bits per heavy atom. The van der Waals surface area contributed by atoms with Gasteiger partial charge in [0.15, 0.2) is 0 Å². The standard InChI is InChI=1S/C17H23O3/c1-3-4-14-7-9-15(10-8-14)17(18)20-19-16-11-5-13(2)6-12-16/h7-10,13H,3-6,11-12H2,1-2H3. The molecule has 0 unspecified atom stereocenters. The molecule has 3 heteroatoms. The Kier molecular flexibility index (Phi) is 5.60. The molecule has 0 N–H and O–H groups in total. The van der Waals surface area contributed by atoms with E-state index in [9.17, 15) is 4.79 Å². The first-order chi connectivity index (χ1) is 9.69. The maximum Gasteiger partial charge on any atom is 0.373 e. The van der Waals surface area contributed by atoms with Crippen molar-refractivity contribution in [3.05, 3.63) is 41.5 Å². The molecule has 0 bridgehead atoms. The molecule has 0 amide bonds. The van der Waals surface area contributed by atoms with Crippen molar-refractivity contribution in [2.24, 2.45) is 5.92 Å². The number of carbonyl (C=O) groups is 1. The second-order valence-electron chi connectivity index (χ2n) is 5.62. The highest BCUT2D eigenvalue weighted by molar-refractivity contribution is 5.88. The van der Waals surface area contributed by atoms with Gasteiger partial charge in [0.05, 0.1) is 5.56 Å². The van der Waals surface area contributed by atoms with Crippen LogP contribution in [0.25, 0.3) is 0 Å². The second kappa shape index (κ2) is 7.44. The summed E-state index contributed by atoms with van der Waals surface area (Å²) < 4.78 is 0. The molecule has 0 aliphatic heterocycles. The predicted octanol–water partition coefficient (Wildman–Crippen LogP) is 4.47. The highest BCUT2D eigenvalue weighted by atomic mass is 17.2. The normalized spacial score (nSPS) is 17.1. The van der Waals surface area contributed by atoms with Crippen LogP contribution >= 0.6 is 0 Å². The van der Waals surface area contributed by atoms with Crippen molar-refractivity contribution < 1.29 is 14.6 Å². The third-order valence-electron chi connectivity index (χ3n) is 3.80. The van der Waals surface area contributed by atoms with Gasteiger partial charge in [-0.05, 0) is 55.7 Å². The lowest BCUT2D eigenvalue weighted by molar-refractivity contribution is -0.240. The van der Waals surface area contributed by atoms with E-state index in [2.05, 4.69) is 13.8 Å². The number of aryl methyl sites for hydroxylation is 1. The van der Waals surface area contributed by atoms with Gasteiger partial charge in [-0.15, -0.1) is 0 Å². The fraction of sp³-hybridized carbons (Fsp3) is 0.529. The van der Waals surface area contributed by atoms with Gasteiger partial charge >= 0.3 is 5.97 Å². The maximum absolute atomic E-state index is 11.9. The molecule has 1 aromatic rings. The Bertz CT molecular complexity index is 416. The van der Waals surface area contributed by atoms with Gasteiger partial charge in [-0.1, -0.05) is 32.4 Å². The number of carbonyl (C=O) groups excluding carboxylic acids is 1. The zero-order valence-electron chi connectivity index (χ0n) is 12.4. The van der Waals surface area contributed by atoms with Crippen LogP contribution in [0.3, 0.4) is 0 Å². The topological polar surface area (TPSA) is 35.5 Å². The Hall–Kier alpha value is -1.35. The van der Waals surface area contributed by atoms with Gasteiger partial charge in [0, 0.05) is 0 Å². The highest BCUT2D eigenvalue weighted by Gasteiger charge is 2.22. The van der Waals surface area contributed by atoms with E-state index in [1.54, 1.807) is 12.1 Å². The molecule has 20 heavy (non-hydrogen) atoms. The lowest BCUT2D eigenvalue weighted by Crippen LogP contribution is -2.16. The molecule has 1 radical (unpaired) electrons. The molecule has 0 heterocycles. The Balaban J connectivity index is 1.79. The van der Waals surface area contributed by atoms with Crippen molar-refractivity contribution in [1.29, 1.82) is 0 Å². The molecule has 1 aliphatic carbocycles. The van der Waals surface area contributed by atoms with Gasteiger partial charge < -0.3 is 0 Å². The van der Waals surface area contributed by atoms with E-state index >= 15 is 0 Å². The second-order valence-corrected chi connectivity index (χ2v) is 5.62. The van der Waals surface area contributed by atoms with Crippen LogP contribution in [0.5, 0.6) is 0 Å². The lowest BCUT2D eigenvalue weighted by Gasteiger charge is -2.23. The molecule has 1 aromatic carbocycles. The summed E-state index contributed by atoms with van der Waals surface area (Å²) in [5.41, 5.74) is 1.77. The van der Waals surface area contributed by atoms with Crippen molar-refractivity contribution in [1.82, 2.24) is 0 Å². The van der Waals surface area contributed by atoms with Crippen molar-refractivity contribution in [2.75, 3.05) is 0 Å². The first kappa shape index (κ1) is 15.0. The van der Waals surface area contributed by atoms with Gasteiger partial charge in [-0.3, -0.25) is 4.89 Å². The van der Waals surface area contributed by atoms with E-state index in [-0.39, 0.29) is 0 Å². The summed E-state index contributed by atoms with van der Waals surface area (Å²) in [7, 11) is 0. The monoisotopic (exact) mass is 275 g/mol. The summed E-state index contributed by atoms with van der Waals surface area (Å²) in [6.45, 7) is 4.37. The Morgan fingerprint density at radius 1 is 1.20 bits per heavy atom. The molecule has 0 aromatic heterocycles. The summed E-state index contributed by atoms with van der Waals surface area (Å²) in [4.78, 5) is 22.0. The van der Waals surface area contributed by atoms with Gasteiger partial charge in [0.1, 0.15) is 6.10 Å². The quantitative estimate of drug-likeness (QED) is 0.587. The van der Waals surface area contributed by atoms with Crippen LogP contribution in [0.4, 0.5) is 0 Å². The maximum atomic E-state index is 11.9. The van der Waals surface area contributed by atoms with Crippen molar-refractivity contribution in [3.8, 4) is 0 Å². The van der Waals surface area contributed by atoms with E-state index in [4.69, 9.17) is 9.78 Å². The number of hydrogen-bond donors (Lipinski definition) is 0. The highest BCUT2D eigenvalue weighted by Crippen LogP contribution is 2.30. The van der Waals surface area contributed by atoms with Gasteiger partial charge in [-0.2, -0.15) is 4.89 Å². The van der Waals surface area contributed by atoms with Crippen LogP contribution in [0.2, 0.25) is 0 Å². The van der Waals surface area contributed by atoms with Crippen molar-refractivity contribution in [3.63, 3.8) is 0 Å². The van der Waals surface area contributed by atoms with Crippen LogP contribution in [-0.4, -0.2) is 5.97 Å². The predicted molar refractivity (Wildman–Crippen MR) is 77.8 cm³/mol. The fourth-order valence-electron chi connectivity index (χ4n) is 2.41. The number of hydrogen-bond acceptors (Lipinski definition) is 3. The van der Waals surface area contributed by atoms with Crippen LogP contribution in [0.15, 0.2) is 24.3 Å². The Morgan fingerprint density at radius 3 is 2.45 bits per heavy atom. The zero-order valence-corrected chi connectivity index (χ0v) is 12.4. The van der Waals surface area contributed by atoms with E-state index in [1.807, 2.05) is 12.1 Å². The third kappa shape index (κ3) is 4.34. The van der Waals surface area contributed by atoms with E-state index in [0.717, 1.165) is 50.5 Å². The summed E-state index contributed by atoms with van der Waals surface area (Å²) in [6, 6.07) is 7.53. The molecule has 0 saturated heterocycles. The fourth-order valence-corrected chi connectivity index (χ4v) is 2.41. The molecule has 1 aliphatic rings. The van der Waals surface area contributed by atoms with Crippen LogP contribution in [-0.2, 0) is 16.2 Å². The van der Waals surface area contributed by atoms with E-state index < -0.39 is 5.97 Å². The molecule has 0 spiro atoms. The average molecular weight is 275 g/mol. The van der Waals surface area contributed by atoms with Crippen LogP contribution < -0.4 is 0 Å². The van der Waals surface area contributed by atoms with Crippen molar-refractivity contribution in [2.45, 2.75) is 52.4 Å². The summed E-state index contributed by atoms with van der Waals surface area (Å²) in [5.74, 6) is 0.323. The minimum Gasteiger partial charge on any atom is -0.292 e. The van der Waals surface area contributed by atoms with Crippen molar-refractivity contribution >= 4 is 5.97 Å². The van der Waals surface area contributed by atoms with E-state index in [0.29, 0.717) is 5.56 Å². The molecule has 2 rings (SSSR count). The summed E-state index contributed by atoms with van der Waals surface area (Å²) in [6.07, 6.45) is 7.02. The van der Waals surface area contributed by atoms with Crippen LogP contribution in [0.1, 0.15) is 61.9 Å². The third-order valence-corrected chi connectivity index (χ3v) is 3.80. The molecular weight excluding hydrogens is 252 g/mol. The minimum absolute atomic E-state index is 0.417. The number of benzene rings is 1.